The van der Waals surface area contributed by atoms with Crippen LogP contribution in [0.3, 0.4) is 0 Å². The summed E-state index contributed by atoms with van der Waals surface area (Å²) in [6.45, 7) is -0.594. The number of amides is 1. The summed E-state index contributed by atoms with van der Waals surface area (Å²) in [5, 5.41) is 13.1. The molecule has 0 aliphatic carbocycles. The summed E-state index contributed by atoms with van der Waals surface area (Å²) in [6.07, 6.45) is -3.71. The zero-order chi connectivity index (χ0) is 20.4. The molecule has 1 amide bonds. The van der Waals surface area contributed by atoms with E-state index >= 15 is 0 Å². The number of anilines is 2. The largest absolute Gasteiger partial charge is 0.416 e. The van der Waals surface area contributed by atoms with E-state index < -0.39 is 40.4 Å². The van der Waals surface area contributed by atoms with Crippen molar-refractivity contribution in [2.45, 2.75) is 12.7 Å². The zero-order valence-corrected chi connectivity index (χ0v) is 14.3. The van der Waals surface area contributed by atoms with Crippen LogP contribution in [0.5, 0.6) is 0 Å². The molecule has 0 radical (unpaired) electrons. The molecule has 0 saturated heterocycles. The molecule has 11 heteroatoms. The molecule has 144 valence electrons. The molecule has 0 spiro atoms. The monoisotopic (exact) mass is 384 g/mol. The van der Waals surface area contributed by atoms with Crippen LogP contribution in [0, 0.1) is 10.1 Å². The Morgan fingerprint density at radius 2 is 1.93 bits per heavy atom. The topological polar surface area (TPSA) is 97.5 Å². The van der Waals surface area contributed by atoms with Crippen LogP contribution in [0.2, 0.25) is 0 Å². The molecule has 27 heavy (non-hydrogen) atoms. The second-order valence-corrected chi connectivity index (χ2v) is 5.78. The molecule has 0 bridgehead atoms. The van der Waals surface area contributed by atoms with Gasteiger partial charge in [0, 0.05) is 26.2 Å². The van der Waals surface area contributed by atoms with Crippen molar-refractivity contribution in [3.05, 3.63) is 62.6 Å². The van der Waals surface area contributed by atoms with E-state index in [-0.39, 0.29) is 5.69 Å². The Balaban J connectivity index is 2.31. The molecule has 0 saturated carbocycles. The van der Waals surface area contributed by atoms with E-state index in [0.29, 0.717) is 5.69 Å². The van der Waals surface area contributed by atoms with Gasteiger partial charge in [-0.05, 0) is 18.2 Å². The molecule has 8 nitrogen and oxygen atoms in total. The van der Waals surface area contributed by atoms with Crippen LogP contribution < -0.4 is 15.8 Å². The Morgan fingerprint density at radius 3 is 2.48 bits per heavy atom. The normalized spacial score (nSPS) is 11.1. The summed E-state index contributed by atoms with van der Waals surface area (Å²) in [6, 6.07) is 4.80. The van der Waals surface area contributed by atoms with Crippen molar-refractivity contribution in [3.63, 3.8) is 0 Å². The highest BCUT2D eigenvalue weighted by Gasteiger charge is 2.31. The lowest BCUT2D eigenvalue weighted by atomic mass is 10.1. The summed E-state index contributed by atoms with van der Waals surface area (Å²) < 4.78 is 39.6. The second-order valence-electron chi connectivity index (χ2n) is 5.78. The fraction of sp³-hybridized carbons (Fsp3) is 0.250. The Kier molecular flexibility index (Phi) is 5.52. The van der Waals surface area contributed by atoms with Crippen LogP contribution in [0.4, 0.5) is 30.2 Å². The molecule has 0 fully saturated rings. The minimum atomic E-state index is -4.60. The van der Waals surface area contributed by atoms with E-state index in [9.17, 15) is 32.9 Å². The fourth-order valence-electron chi connectivity index (χ4n) is 2.30. The average molecular weight is 384 g/mol. The van der Waals surface area contributed by atoms with Gasteiger partial charge in [-0.25, -0.2) is 0 Å². The van der Waals surface area contributed by atoms with E-state index in [2.05, 4.69) is 5.32 Å². The van der Waals surface area contributed by atoms with Gasteiger partial charge in [-0.15, -0.1) is 0 Å². The van der Waals surface area contributed by atoms with Crippen LogP contribution in [0.25, 0.3) is 0 Å². The van der Waals surface area contributed by atoms with Gasteiger partial charge >= 0.3 is 6.18 Å². The van der Waals surface area contributed by atoms with E-state index in [1.54, 1.807) is 14.1 Å². The maximum absolute atomic E-state index is 12.9. The van der Waals surface area contributed by atoms with Crippen molar-refractivity contribution < 1.29 is 22.9 Å². The van der Waals surface area contributed by atoms with Crippen molar-refractivity contribution in [2.24, 2.45) is 0 Å². The van der Waals surface area contributed by atoms with Gasteiger partial charge in [0.1, 0.15) is 6.54 Å². The van der Waals surface area contributed by atoms with E-state index in [1.807, 2.05) is 0 Å². The highest BCUT2D eigenvalue weighted by Crippen LogP contribution is 2.34. The van der Waals surface area contributed by atoms with Crippen LogP contribution in [0.1, 0.15) is 5.56 Å². The molecule has 0 unspecified atom stereocenters. The maximum Gasteiger partial charge on any atom is 0.416 e. The van der Waals surface area contributed by atoms with E-state index in [0.717, 1.165) is 35.0 Å². The highest BCUT2D eigenvalue weighted by atomic mass is 19.4. The van der Waals surface area contributed by atoms with E-state index in [1.165, 1.54) is 11.0 Å². The SMILES string of the molecule is CN(C)c1ccc(C(F)(F)F)cc1NC(=O)Cn1cc([N+](=O)[O-])ccc1=O. The molecule has 1 aromatic heterocycles. The lowest BCUT2D eigenvalue weighted by Gasteiger charge is -2.20. The number of carbonyl (C=O) groups is 1. The first kappa shape index (κ1) is 19.9. The number of nitro groups is 1. The summed E-state index contributed by atoms with van der Waals surface area (Å²) in [4.78, 5) is 35.5. The average Bonchev–Trinajstić information content (AvgIpc) is 2.55. The first-order valence-corrected chi connectivity index (χ1v) is 7.52. The van der Waals surface area contributed by atoms with Gasteiger partial charge in [0.2, 0.25) is 5.91 Å². The third-order valence-corrected chi connectivity index (χ3v) is 3.57. The minimum Gasteiger partial charge on any atom is -0.376 e. The van der Waals surface area contributed by atoms with Gasteiger partial charge in [-0.3, -0.25) is 24.3 Å². The molecular weight excluding hydrogens is 369 g/mol. The molecule has 1 aromatic carbocycles. The number of nitrogens with one attached hydrogen (secondary N) is 1. The Labute approximate surface area is 151 Å². The number of halogens is 3. The van der Waals surface area contributed by atoms with Crippen LogP contribution >= 0.6 is 0 Å². The fourth-order valence-corrected chi connectivity index (χ4v) is 2.30. The number of benzene rings is 1. The number of nitrogens with zero attached hydrogens (tertiary/aromatic N) is 3. The number of pyridine rings is 1. The lowest BCUT2D eigenvalue weighted by molar-refractivity contribution is -0.385. The maximum atomic E-state index is 12.9. The number of aromatic nitrogens is 1. The smallest absolute Gasteiger partial charge is 0.376 e. The molecular formula is C16H15F3N4O4. The molecule has 2 rings (SSSR count). The zero-order valence-electron chi connectivity index (χ0n) is 14.3. The molecule has 0 aliphatic heterocycles. The second kappa shape index (κ2) is 7.48. The van der Waals surface area contributed by atoms with Gasteiger partial charge in [0.15, 0.2) is 0 Å². The summed E-state index contributed by atoms with van der Waals surface area (Å²) in [5.74, 6) is -0.806. The molecule has 1 N–H and O–H groups in total. The standard InChI is InChI=1S/C16H15F3N4O4/c1-21(2)13-5-3-10(16(17,18)19)7-12(13)20-14(24)9-22-8-11(23(26)27)4-6-15(22)25/h3-8H,9H2,1-2H3,(H,20,24). The van der Waals surface area contributed by atoms with Gasteiger partial charge in [-0.1, -0.05) is 0 Å². The van der Waals surface area contributed by atoms with E-state index in [4.69, 9.17) is 0 Å². The van der Waals surface area contributed by atoms with Crippen LogP contribution in [-0.4, -0.2) is 29.5 Å². The number of hydrogen-bond donors (Lipinski definition) is 1. The summed E-state index contributed by atoms with van der Waals surface area (Å²) in [7, 11) is 3.17. The number of carbonyl (C=O) groups excluding carboxylic acids is 1. The van der Waals surface area contributed by atoms with Crippen LogP contribution in [-0.2, 0) is 17.5 Å². The Hall–Kier alpha value is -3.37. The van der Waals surface area contributed by atoms with Crippen molar-refractivity contribution in [2.75, 3.05) is 24.3 Å². The number of rotatable bonds is 5. The Morgan fingerprint density at radius 1 is 1.26 bits per heavy atom. The molecule has 0 aliphatic rings. The first-order chi connectivity index (χ1) is 12.5. The van der Waals surface area contributed by atoms with Crippen molar-refractivity contribution in [1.29, 1.82) is 0 Å². The van der Waals surface area contributed by atoms with Gasteiger partial charge in [-0.2, -0.15) is 13.2 Å². The molecule has 1 heterocycles. The van der Waals surface area contributed by atoms with Crippen molar-refractivity contribution in [3.8, 4) is 0 Å². The first-order valence-electron chi connectivity index (χ1n) is 7.52. The molecule has 2 aromatic rings. The minimum absolute atomic E-state index is 0.0988. The lowest BCUT2D eigenvalue weighted by Crippen LogP contribution is -2.27. The van der Waals surface area contributed by atoms with Crippen molar-refractivity contribution in [1.82, 2.24) is 4.57 Å². The summed E-state index contributed by atoms with van der Waals surface area (Å²) in [5.41, 5.74) is -1.78. The number of alkyl halides is 3. The van der Waals surface area contributed by atoms with Crippen molar-refractivity contribution >= 4 is 23.0 Å². The van der Waals surface area contributed by atoms with Crippen LogP contribution in [0.15, 0.2) is 41.3 Å². The third-order valence-electron chi connectivity index (χ3n) is 3.57. The molecule has 0 atom stereocenters. The van der Waals surface area contributed by atoms with Gasteiger partial charge in [0.05, 0.1) is 28.1 Å². The summed E-state index contributed by atoms with van der Waals surface area (Å²) >= 11 is 0. The number of hydrogen-bond acceptors (Lipinski definition) is 5. The Bertz CT molecular complexity index is 938. The van der Waals surface area contributed by atoms with Gasteiger partial charge < -0.3 is 10.2 Å². The highest BCUT2D eigenvalue weighted by molar-refractivity contribution is 5.94. The third kappa shape index (κ3) is 4.84. The predicted octanol–water partition coefficient (Wildman–Crippen LogP) is 2.48. The quantitative estimate of drug-likeness (QED) is 0.631. The van der Waals surface area contributed by atoms with Gasteiger partial charge in [0.25, 0.3) is 11.2 Å². The predicted molar refractivity (Wildman–Crippen MR) is 91.8 cm³/mol.